The molecule has 0 aliphatic carbocycles. The van der Waals surface area contributed by atoms with Crippen LogP contribution in [0.5, 0.6) is 0 Å². The van der Waals surface area contributed by atoms with Gasteiger partial charge in [0.1, 0.15) is 12.2 Å². The number of rotatable bonds is 3. The van der Waals surface area contributed by atoms with Crippen molar-refractivity contribution in [3.63, 3.8) is 0 Å². The Balaban J connectivity index is -0.0000000883. The Bertz CT molecular complexity index is 190. The summed E-state index contributed by atoms with van der Waals surface area (Å²) in [5.41, 5.74) is 0. The molecule has 0 aliphatic rings. The Morgan fingerprint density at radius 3 is 1.67 bits per heavy atom. The van der Waals surface area contributed by atoms with Crippen LogP contribution >= 0.6 is 0 Å². The minimum absolute atomic E-state index is 0. The van der Waals surface area contributed by atoms with Gasteiger partial charge in [-0.15, -0.1) is 0 Å². The van der Waals surface area contributed by atoms with Crippen molar-refractivity contribution in [2.75, 3.05) is 6.61 Å². The summed E-state index contributed by atoms with van der Waals surface area (Å²) < 4.78 is 4.49. The molecule has 0 atom stereocenters. The average molecular weight is 268 g/mol. The maximum Gasteiger partial charge on any atom is 1.00 e. The first-order valence-corrected chi connectivity index (χ1v) is 3.43. The fourth-order valence-electron chi connectivity index (χ4n) is 0.415. The first-order valence-electron chi connectivity index (χ1n) is 3.43. The number of carboxylic acid groups (broad SMARTS) is 2. The van der Waals surface area contributed by atoms with E-state index in [-0.39, 0.29) is 115 Å². The number of hydrogen-bond acceptors (Lipinski definition) is 6. The Hall–Kier alpha value is 1.68. The Morgan fingerprint density at radius 2 is 1.47 bits per heavy atom. The molecule has 0 bridgehead atoms. The van der Waals surface area contributed by atoms with Gasteiger partial charge in [0.05, 0.1) is 6.61 Å². The monoisotopic (exact) mass is 268 g/mol. The number of carbonyl (C=O) groups excluding carboxylic acids is 3. The maximum atomic E-state index is 10.4. The third-order valence-corrected chi connectivity index (χ3v) is 0.699. The second-order valence-electron chi connectivity index (χ2n) is 1.93. The molecule has 0 rings (SSSR count). The summed E-state index contributed by atoms with van der Waals surface area (Å²) in [6, 6.07) is 0. The van der Waals surface area contributed by atoms with Crippen molar-refractivity contribution in [3.05, 3.63) is 0 Å². The van der Waals surface area contributed by atoms with Crippen LogP contribution in [0.4, 0.5) is 4.79 Å². The summed E-state index contributed by atoms with van der Waals surface area (Å²) in [6.45, 7) is 3.40. The maximum absolute atomic E-state index is 10.4. The van der Waals surface area contributed by atoms with E-state index < -0.39 is 12.1 Å². The molecule has 0 aromatic carbocycles. The molecule has 0 aliphatic heterocycles. The van der Waals surface area contributed by atoms with E-state index in [2.05, 4.69) is 4.74 Å². The molecule has 76 valence electrons. The number of ether oxygens (including phenoxy) is 1. The molecule has 8 heteroatoms. The van der Waals surface area contributed by atoms with Crippen LogP contribution in [0.1, 0.15) is 20.3 Å². The summed E-state index contributed by atoms with van der Waals surface area (Å²) in [5.74, 6) is -0.599. The van der Waals surface area contributed by atoms with Gasteiger partial charge in [0.15, 0.2) is 0 Å². The van der Waals surface area contributed by atoms with Crippen molar-refractivity contribution in [1.29, 1.82) is 0 Å². The van der Waals surface area contributed by atoms with Gasteiger partial charge in [-0.3, -0.25) is 9.59 Å². The molecule has 0 saturated carbocycles. The second-order valence-corrected chi connectivity index (χ2v) is 1.93. The van der Waals surface area contributed by atoms with Crippen LogP contribution in [0.3, 0.4) is 0 Å². The number of Topliss-reactive ketones (excluding diaryl/α,β-unsaturated/α-hetero) is 1. The number of hydrogen-bond donors (Lipinski definition) is 0. The predicted octanol–water partition coefficient (Wildman–Crippen LogP) is -7.91. The molecule has 0 aromatic heterocycles. The summed E-state index contributed by atoms with van der Waals surface area (Å²) in [7, 11) is 0. The van der Waals surface area contributed by atoms with Gasteiger partial charge in [0.2, 0.25) is 0 Å². The van der Waals surface area contributed by atoms with Crippen LogP contribution in [-0.4, -0.2) is 24.5 Å². The molecule has 0 N–H and O–H groups in total. The molecule has 0 saturated heterocycles. The van der Waals surface area contributed by atoms with Crippen LogP contribution < -0.4 is 113 Å². The third kappa shape index (κ3) is 38.9. The normalized spacial score (nSPS) is 6.80. The van der Waals surface area contributed by atoms with Gasteiger partial charge in [0.25, 0.3) is 0 Å². The van der Waals surface area contributed by atoms with E-state index in [9.17, 15) is 9.59 Å². The molecule has 0 spiro atoms. The third-order valence-electron chi connectivity index (χ3n) is 0.699. The molecular formula is C7H10K2O6. The van der Waals surface area contributed by atoms with Crippen molar-refractivity contribution in [2.24, 2.45) is 0 Å². The first-order chi connectivity index (χ1) is 5.90. The van der Waals surface area contributed by atoms with Crippen LogP contribution in [-0.2, 0) is 14.3 Å². The molecular weight excluding hydrogens is 258 g/mol. The van der Waals surface area contributed by atoms with Crippen LogP contribution in [0.15, 0.2) is 0 Å². The molecule has 6 nitrogen and oxygen atoms in total. The van der Waals surface area contributed by atoms with E-state index in [1.807, 2.05) is 0 Å². The number of esters is 1. The second kappa shape index (κ2) is 18.1. The van der Waals surface area contributed by atoms with Crippen LogP contribution in [0, 0.1) is 0 Å². The van der Waals surface area contributed by atoms with Crippen molar-refractivity contribution in [1.82, 2.24) is 0 Å². The van der Waals surface area contributed by atoms with E-state index in [1.54, 1.807) is 6.92 Å². The fraction of sp³-hybridized carbons (Fsp3) is 0.571. The molecule has 0 heterocycles. The molecule has 15 heavy (non-hydrogen) atoms. The van der Waals surface area contributed by atoms with Crippen molar-refractivity contribution < 1.29 is 132 Å². The number of carbonyl (C=O) groups is 3. The van der Waals surface area contributed by atoms with Gasteiger partial charge in [-0.25, -0.2) is 0 Å². The zero-order chi connectivity index (χ0) is 10.9. The van der Waals surface area contributed by atoms with E-state index in [0.29, 0.717) is 6.61 Å². The molecule has 0 radical (unpaired) electrons. The number of ketones is 1. The minimum atomic E-state index is -2.33. The molecule has 0 unspecified atom stereocenters. The summed E-state index contributed by atoms with van der Waals surface area (Å²) in [5, 5.41) is 16.7. The van der Waals surface area contributed by atoms with Gasteiger partial charge < -0.3 is 19.7 Å². The molecule has 0 amide bonds. The van der Waals surface area contributed by atoms with Gasteiger partial charge in [-0.1, -0.05) is 0 Å². The minimum Gasteiger partial charge on any atom is -0.652 e. The van der Waals surface area contributed by atoms with Gasteiger partial charge in [0, 0.05) is 0 Å². The first kappa shape index (κ1) is 25.5. The molecule has 0 fully saturated rings. The van der Waals surface area contributed by atoms with E-state index >= 15 is 0 Å². The largest absolute Gasteiger partial charge is 1.00 e. The zero-order valence-corrected chi connectivity index (χ0v) is 15.6. The SMILES string of the molecule is CCOC(=O)CC(C)=O.O=C([O-])[O-].[K+].[K+]. The van der Waals surface area contributed by atoms with Crippen molar-refractivity contribution in [3.8, 4) is 0 Å². The summed E-state index contributed by atoms with van der Waals surface area (Å²) in [6.07, 6.45) is -2.44. The standard InChI is InChI=1S/C6H10O3.CH2O3.2K/c1-3-9-6(8)4-5(2)7;2-1(3)4;;/h3-4H2,1-2H3;(H2,2,3,4);;/q;;2*+1/p-2. The van der Waals surface area contributed by atoms with Crippen molar-refractivity contribution >= 4 is 17.9 Å². The Kier molecular flexibility index (Phi) is 30.7. The summed E-state index contributed by atoms with van der Waals surface area (Å²) in [4.78, 5) is 29.0. The summed E-state index contributed by atoms with van der Waals surface area (Å²) >= 11 is 0. The van der Waals surface area contributed by atoms with Gasteiger partial charge >= 0.3 is 109 Å². The predicted molar refractivity (Wildman–Crippen MR) is 37.3 cm³/mol. The Labute approximate surface area is 173 Å². The van der Waals surface area contributed by atoms with Gasteiger partial charge in [-0.05, 0) is 20.0 Å². The quantitative estimate of drug-likeness (QED) is 0.286. The topological polar surface area (TPSA) is 107 Å². The zero-order valence-electron chi connectivity index (χ0n) is 9.36. The fourth-order valence-corrected chi connectivity index (χ4v) is 0.415. The van der Waals surface area contributed by atoms with Crippen LogP contribution in [0.2, 0.25) is 0 Å². The van der Waals surface area contributed by atoms with Crippen molar-refractivity contribution in [2.45, 2.75) is 20.3 Å². The molecule has 0 aromatic rings. The Morgan fingerprint density at radius 1 is 1.13 bits per heavy atom. The van der Waals surface area contributed by atoms with Crippen LogP contribution in [0.25, 0.3) is 0 Å². The average Bonchev–Trinajstić information content (AvgIpc) is 1.83. The van der Waals surface area contributed by atoms with E-state index in [0.717, 1.165) is 0 Å². The van der Waals surface area contributed by atoms with E-state index in [4.69, 9.17) is 15.0 Å². The van der Waals surface area contributed by atoms with Gasteiger partial charge in [-0.2, -0.15) is 0 Å². The van der Waals surface area contributed by atoms with E-state index in [1.165, 1.54) is 6.92 Å². The smallest absolute Gasteiger partial charge is 0.652 e.